The molecule has 0 aromatic carbocycles. The summed E-state index contributed by atoms with van der Waals surface area (Å²) in [5.74, 6) is 4.32. The fourth-order valence-corrected chi connectivity index (χ4v) is 7.16. The summed E-state index contributed by atoms with van der Waals surface area (Å²) in [5, 5.41) is 20.5. The lowest BCUT2D eigenvalue weighted by atomic mass is 9.43. The van der Waals surface area contributed by atoms with Crippen molar-refractivity contribution < 1.29 is 10.2 Å². The van der Waals surface area contributed by atoms with Gasteiger partial charge in [0.2, 0.25) is 0 Å². The van der Waals surface area contributed by atoms with Gasteiger partial charge in [0.05, 0.1) is 11.9 Å². The van der Waals surface area contributed by atoms with E-state index in [1.54, 1.807) is 0 Å². The van der Waals surface area contributed by atoms with Crippen LogP contribution in [0.3, 0.4) is 0 Å². The van der Waals surface area contributed by atoms with Gasteiger partial charge in [-0.05, 0) is 86.0 Å². The van der Waals surface area contributed by atoms with Crippen LogP contribution in [-0.4, -0.2) is 16.3 Å². The van der Waals surface area contributed by atoms with Crippen molar-refractivity contribution in [2.24, 2.45) is 40.4 Å². The molecule has 3 unspecified atom stereocenters. The maximum atomic E-state index is 10.4. The van der Waals surface area contributed by atoms with Crippen molar-refractivity contribution >= 4 is 0 Å². The number of allylic oxidation sites excluding steroid dienone is 2. The molecule has 124 valence electrons. The second kappa shape index (κ2) is 4.75. The molecular formula is C20H32O2. The Morgan fingerprint density at radius 3 is 2.64 bits per heavy atom. The Labute approximate surface area is 135 Å². The minimum Gasteiger partial charge on any atom is -0.512 e. The van der Waals surface area contributed by atoms with Crippen molar-refractivity contribution in [2.45, 2.75) is 71.8 Å². The second-order valence-corrected chi connectivity index (χ2v) is 9.42. The van der Waals surface area contributed by atoms with Gasteiger partial charge in [-0.2, -0.15) is 0 Å². The maximum Gasteiger partial charge on any atom is 0.0944 e. The Morgan fingerprint density at radius 1 is 1.09 bits per heavy atom. The van der Waals surface area contributed by atoms with Crippen molar-refractivity contribution in [1.82, 2.24) is 0 Å². The first-order valence-electron chi connectivity index (χ1n) is 9.44. The average molecular weight is 304 g/mol. The molecular weight excluding hydrogens is 272 g/mol. The van der Waals surface area contributed by atoms with Gasteiger partial charge in [0.15, 0.2) is 0 Å². The summed E-state index contributed by atoms with van der Waals surface area (Å²) >= 11 is 0. The lowest BCUT2D eigenvalue weighted by Crippen LogP contribution is -2.56. The molecule has 2 heteroatoms. The van der Waals surface area contributed by atoms with E-state index in [9.17, 15) is 10.2 Å². The average Bonchev–Trinajstić information content (AvgIpc) is 2.77. The van der Waals surface area contributed by atoms with Gasteiger partial charge >= 0.3 is 0 Å². The largest absolute Gasteiger partial charge is 0.512 e. The van der Waals surface area contributed by atoms with Crippen molar-refractivity contribution in [3.8, 4) is 0 Å². The Kier molecular flexibility index (Phi) is 3.25. The van der Waals surface area contributed by atoms with E-state index < -0.39 is 0 Å². The molecule has 0 aliphatic heterocycles. The van der Waals surface area contributed by atoms with E-state index in [1.807, 2.05) is 0 Å². The molecule has 3 saturated carbocycles. The zero-order valence-electron chi connectivity index (χ0n) is 14.4. The number of rotatable bonds is 0. The van der Waals surface area contributed by atoms with Crippen LogP contribution >= 0.6 is 0 Å². The van der Waals surface area contributed by atoms with E-state index in [0.29, 0.717) is 23.0 Å². The third-order valence-corrected chi connectivity index (χ3v) is 8.54. The van der Waals surface area contributed by atoms with Gasteiger partial charge in [-0.15, -0.1) is 0 Å². The normalized spacial score (nSPS) is 57.5. The fraction of sp³-hybridized carbons (Fsp3) is 0.900. The van der Waals surface area contributed by atoms with Crippen LogP contribution in [0.15, 0.2) is 11.8 Å². The molecule has 0 aromatic heterocycles. The standard InChI is InChI=1S/C20H32O2/c1-12-10-13-11-14(21)6-8-19(13,2)16-7-9-20(3)15(18(12)16)4-5-17(20)22/h5,12-16,18,21-22H,4,6-11H2,1-3H3/t12?,13?,14?,15-,16+,18-,19-,20-/m0/s1. The summed E-state index contributed by atoms with van der Waals surface area (Å²) in [7, 11) is 0. The van der Waals surface area contributed by atoms with Gasteiger partial charge < -0.3 is 10.2 Å². The summed E-state index contributed by atoms with van der Waals surface area (Å²) in [4.78, 5) is 0. The van der Waals surface area contributed by atoms with Gasteiger partial charge in [-0.25, -0.2) is 0 Å². The van der Waals surface area contributed by atoms with Crippen LogP contribution in [0, 0.1) is 40.4 Å². The molecule has 8 atom stereocenters. The molecule has 22 heavy (non-hydrogen) atoms. The maximum absolute atomic E-state index is 10.4. The van der Waals surface area contributed by atoms with Crippen molar-refractivity contribution in [3.05, 3.63) is 11.8 Å². The van der Waals surface area contributed by atoms with Gasteiger partial charge in [-0.1, -0.05) is 20.8 Å². The van der Waals surface area contributed by atoms with Crippen LogP contribution in [0.5, 0.6) is 0 Å². The lowest BCUT2D eigenvalue weighted by Gasteiger charge is -2.62. The van der Waals surface area contributed by atoms with E-state index in [4.69, 9.17) is 0 Å². The zero-order chi connectivity index (χ0) is 15.7. The molecule has 2 N–H and O–H groups in total. The molecule has 2 nitrogen and oxygen atoms in total. The predicted molar refractivity (Wildman–Crippen MR) is 88.4 cm³/mol. The first kappa shape index (κ1) is 15.1. The number of hydrogen-bond acceptors (Lipinski definition) is 2. The van der Waals surface area contributed by atoms with Crippen LogP contribution < -0.4 is 0 Å². The van der Waals surface area contributed by atoms with Crippen LogP contribution in [0.4, 0.5) is 0 Å². The van der Waals surface area contributed by atoms with Gasteiger partial charge in [0, 0.05) is 5.41 Å². The first-order valence-corrected chi connectivity index (χ1v) is 9.44. The van der Waals surface area contributed by atoms with Gasteiger partial charge in [0.1, 0.15) is 0 Å². The number of fused-ring (bicyclic) bond motifs is 5. The minimum atomic E-state index is -0.0622. The van der Waals surface area contributed by atoms with E-state index in [1.165, 1.54) is 19.3 Å². The Balaban J connectivity index is 1.68. The second-order valence-electron chi connectivity index (χ2n) is 9.42. The molecule has 0 amide bonds. The monoisotopic (exact) mass is 304 g/mol. The molecule has 4 aliphatic rings. The van der Waals surface area contributed by atoms with E-state index in [-0.39, 0.29) is 11.5 Å². The highest BCUT2D eigenvalue weighted by molar-refractivity contribution is 5.21. The molecule has 0 heterocycles. The number of aliphatic hydroxyl groups excluding tert-OH is 2. The summed E-state index contributed by atoms with van der Waals surface area (Å²) in [6.07, 6.45) is 10.0. The number of hydrogen-bond donors (Lipinski definition) is 2. The quantitative estimate of drug-likeness (QED) is 0.681. The highest BCUT2D eigenvalue weighted by Crippen LogP contribution is 2.67. The van der Waals surface area contributed by atoms with E-state index in [2.05, 4.69) is 26.8 Å². The van der Waals surface area contributed by atoms with Gasteiger partial charge in [0.25, 0.3) is 0 Å². The molecule has 0 aromatic rings. The van der Waals surface area contributed by atoms with Crippen molar-refractivity contribution in [3.63, 3.8) is 0 Å². The summed E-state index contributed by atoms with van der Waals surface area (Å²) in [5.41, 5.74) is 0.475. The Bertz CT molecular complexity index is 498. The van der Waals surface area contributed by atoms with Crippen molar-refractivity contribution in [1.29, 1.82) is 0 Å². The first-order chi connectivity index (χ1) is 10.4. The van der Waals surface area contributed by atoms with Crippen molar-refractivity contribution in [2.75, 3.05) is 0 Å². The molecule has 0 saturated heterocycles. The molecule has 4 rings (SSSR count). The molecule has 3 fully saturated rings. The molecule has 4 aliphatic carbocycles. The lowest BCUT2D eigenvalue weighted by molar-refractivity contribution is -0.143. The minimum absolute atomic E-state index is 0.0484. The van der Waals surface area contributed by atoms with Crippen LogP contribution in [0.25, 0.3) is 0 Å². The Morgan fingerprint density at radius 2 is 1.86 bits per heavy atom. The predicted octanol–water partition coefficient (Wildman–Crippen LogP) is 4.69. The zero-order valence-corrected chi connectivity index (χ0v) is 14.4. The smallest absolute Gasteiger partial charge is 0.0944 e. The fourth-order valence-electron chi connectivity index (χ4n) is 7.16. The molecule has 0 spiro atoms. The van der Waals surface area contributed by atoms with Crippen LogP contribution in [0.2, 0.25) is 0 Å². The van der Waals surface area contributed by atoms with E-state index >= 15 is 0 Å². The highest BCUT2D eigenvalue weighted by atomic mass is 16.3. The van der Waals surface area contributed by atoms with Crippen LogP contribution in [0.1, 0.15) is 65.7 Å². The third-order valence-electron chi connectivity index (χ3n) is 8.54. The van der Waals surface area contributed by atoms with Crippen LogP contribution in [-0.2, 0) is 0 Å². The summed E-state index contributed by atoms with van der Waals surface area (Å²) in [6, 6.07) is 0. The molecule has 0 bridgehead atoms. The molecule has 0 radical (unpaired) electrons. The third kappa shape index (κ3) is 1.82. The number of aliphatic hydroxyl groups is 2. The SMILES string of the molecule is CC1CC2CC(O)CC[C@]2(C)[C@@H]2CC[C@]3(C)C(O)=CC[C@H]3[C@H]12. The highest BCUT2D eigenvalue weighted by Gasteiger charge is 2.60. The summed E-state index contributed by atoms with van der Waals surface area (Å²) in [6.45, 7) is 7.27. The topological polar surface area (TPSA) is 40.5 Å². The van der Waals surface area contributed by atoms with Gasteiger partial charge in [-0.3, -0.25) is 0 Å². The Hall–Kier alpha value is -0.500. The van der Waals surface area contributed by atoms with E-state index in [0.717, 1.165) is 43.4 Å². The summed E-state index contributed by atoms with van der Waals surface area (Å²) < 4.78 is 0.